The second-order valence-corrected chi connectivity index (χ2v) is 14.9. The van der Waals surface area contributed by atoms with Gasteiger partial charge in [0.05, 0.1) is 17.8 Å². The Morgan fingerprint density at radius 1 is 0.912 bits per heavy atom. The summed E-state index contributed by atoms with van der Waals surface area (Å²) in [6.07, 6.45) is 8.50. The van der Waals surface area contributed by atoms with Gasteiger partial charge in [-0.15, -0.1) is 0 Å². The number of fused-ring (bicyclic) bond motifs is 5. The van der Waals surface area contributed by atoms with Gasteiger partial charge in [-0.2, -0.15) is 0 Å². The van der Waals surface area contributed by atoms with Gasteiger partial charge >= 0.3 is 0 Å². The van der Waals surface area contributed by atoms with E-state index in [1.807, 2.05) is 6.92 Å². The van der Waals surface area contributed by atoms with Crippen LogP contribution in [-0.2, 0) is 0 Å². The molecule has 4 rings (SSSR count). The zero-order chi connectivity index (χ0) is 25.3. The Bertz CT molecular complexity index is 749. The van der Waals surface area contributed by atoms with Crippen LogP contribution < -0.4 is 5.32 Å². The van der Waals surface area contributed by atoms with E-state index in [0.717, 1.165) is 51.5 Å². The number of rotatable bonds is 6. The number of aliphatic hydroxyl groups is 3. The Morgan fingerprint density at radius 3 is 2.21 bits per heavy atom. The first kappa shape index (κ1) is 26.9. The smallest absolute Gasteiger partial charge is 0.0652 e. The fourth-order valence-corrected chi connectivity index (χ4v) is 10.5. The fourth-order valence-electron chi connectivity index (χ4n) is 10.5. The second kappa shape index (κ2) is 8.71. The highest BCUT2D eigenvalue weighted by molar-refractivity contribution is 5.19. The summed E-state index contributed by atoms with van der Waals surface area (Å²) in [5, 5.41) is 37.8. The van der Waals surface area contributed by atoms with E-state index in [1.165, 1.54) is 12.8 Å². The van der Waals surface area contributed by atoms with Gasteiger partial charge in [-0.05, 0) is 117 Å². The van der Waals surface area contributed by atoms with Crippen LogP contribution in [0.2, 0.25) is 0 Å². The molecule has 4 saturated carbocycles. The monoisotopic (exact) mass is 477 g/mol. The maximum Gasteiger partial charge on any atom is 0.0652 e. The first-order chi connectivity index (χ1) is 15.6. The van der Waals surface area contributed by atoms with Crippen LogP contribution in [0.15, 0.2) is 0 Å². The van der Waals surface area contributed by atoms with Crippen molar-refractivity contribution in [1.29, 1.82) is 0 Å². The van der Waals surface area contributed by atoms with Crippen molar-refractivity contribution in [1.82, 2.24) is 5.32 Å². The highest BCUT2D eigenvalue weighted by atomic mass is 16.3. The molecule has 4 aliphatic rings. The largest absolute Gasteiger partial charge is 0.393 e. The molecule has 198 valence electrons. The van der Waals surface area contributed by atoms with Gasteiger partial charge in [-0.1, -0.05) is 48.5 Å². The van der Waals surface area contributed by atoms with Gasteiger partial charge in [-0.3, -0.25) is 0 Å². The average molecular weight is 478 g/mol. The fraction of sp³-hybridized carbons (Fsp3) is 1.00. The van der Waals surface area contributed by atoms with E-state index < -0.39 is 5.60 Å². The molecule has 10 atom stereocenters. The summed E-state index contributed by atoms with van der Waals surface area (Å²) in [4.78, 5) is 0. The second-order valence-electron chi connectivity index (χ2n) is 14.9. The van der Waals surface area contributed by atoms with Crippen LogP contribution in [0, 0.1) is 45.3 Å². The molecule has 0 radical (unpaired) electrons. The van der Waals surface area contributed by atoms with Crippen molar-refractivity contribution >= 4 is 0 Å². The van der Waals surface area contributed by atoms with Crippen molar-refractivity contribution in [2.45, 2.75) is 137 Å². The Hall–Kier alpha value is -0.160. The molecule has 0 heterocycles. The SMILES string of the molecule is CC(C)NCCC[C@](C)(O)[C@H]1CC[C@]2(C)[C@@H]1[C@H](O)C[C@@H]1[C@@]3(C)CC[C@H](O)C(C)(C)[C@@H]3CC[C@]12C. The summed E-state index contributed by atoms with van der Waals surface area (Å²) >= 11 is 0. The van der Waals surface area contributed by atoms with Crippen molar-refractivity contribution in [3.05, 3.63) is 0 Å². The van der Waals surface area contributed by atoms with Gasteiger partial charge in [0.1, 0.15) is 0 Å². The molecule has 34 heavy (non-hydrogen) atoms. The van der Waals surface area contributed by atoms with E-state index in [1.54, 1.807) is 0 Å². The summed E-state index contributed by atoms with van der Waals surface area (Å²) in [7, 11) is 0. The first-order valence-electron chi connectivity index (χ1n) is 14.4. The minimum absolute atomic E-state index is 0.0500. The molecular weight excluding hydrogens is 422 g/mol. The summed E-state index contributed by atoms with van der Waals surface area (Å²) < 4.78 is 0. The van der Waals surface area contributed by atoms with Gasteiger partial charge in [-0.25, -0.2) is 0 Å². The van der Waals surface area contributed by atoms with Crippen molar-refractivity contribution in [3.63, 3.8) is 0 Å². The predicted molar refractivity (Wildman–Crippen MR) is 139 cm³/mol. The van der Waals surface area contributed by atoms with Crippen molar-refractivity contribution < 1.29 is 15.3 Å². The number of hydrogen-bond acceptors (Lipinski definition) is 4. The number of aliphatic hydroxyl groups excluding tert-OH is 2. The third-order valence-corrected chi connectivity index (χ3v) is 12.6. The third-order valence-electron chi connectivity index (χ3n) is 12.6. The van der Waals surface area contributed by atoms with E-state index in [4.69, 9.17) is 0 Å². The number of hydrogen-bond donors (Lipinski definition) is 4. The van der Waals surface area contributed by atoms with Gasteiger partial charge in [0.25, 0.3) is 0 Å². The van der Waals surface area contributed by atoms with E-state index >= 15 is 0 Å². The van der Waals surface area contributed by atoms with Crippen LogP contribution in [0.1, 0.15) is 113 Å². The van der Waals surface area contributed by atoms with Crippen LogP contribution in [0.4, 0.5) is 0 Å². The van der Waals surface area contributed by atoms with Crippen molar-refractivity contribution in [2.24, 2.45) is 45.3 Å². The van der Waals surface area contributed by atoms with Gasteiger partial charge in [0.15, 0.2) is 0 Å². The molecule has 0 aromatic rings. The van der Waals surface area contributed by atoms with Gasteiger partial charge < -0.3 is 20.6 Å². The third kappa shape index (κ3) is 3.84. The Kier molecular flexibility index (Phi) is 6.89. The summed E-state index contributed by atoms with van der Waals surface area (Å²) in [6.45, 7) is 19.4. The van der Waals surface area contributed by atoms with Crippen LogP contribution in [0.25, 0.3) is 0 Å². The Balaban J connectivity index is 1.60. The molecule has 4 heteroatoms. The maximum atomic E-state index is 11.8. The molecule has 0 aliphatic heterocycles. The summed E-state index contributed by atoms with van der Waals surface area (Å²) in [5.41, 5.74) is -0.418. The number of nitrogens with one attached hydrogen (secondary N) is 1. The topological polar surface area (TPSA) is 72.7 Å². The molecule has 0 amide bonds. The van der Waals surface area contributed by atoms with Gasteiger partial charge in [0, 0.05) is 6.04 Å². The normalized spacial score (nSPS) is 49.8. The lowest BCUT2D eigenvalue weighted by Crippen LogP contribution is -2.66. The summed E-state index contributed by atoms with van der Waals surface area (Å²) in [5.74, 6) is 1.31. The molecule has 0 saturated heterocycles. The standard InChI is InChI=1S/C30H55NO3/c1-19(2)31-17-9-13-30(8,34)20-10-15-29(7)25(20)21(32)18-23-27(5)14-12-24(33)26(3,4)22(27)11-16-28(23,29)6/h19-25,31-34H,9-18H2,1-8H3/t20-,21+,22-,23+,24-,25-,27-,28+,29+,30-/m0/s1. The molecule has 0 unspecified atom stereocenters. The lowest BCUT2D eigenvalue weighted by molar-refractivity contribution is -0.246. The zero-order valence-electron chi connectivity index (χ0n) is 23.5. The first-order valence-corrected chi connectivity index (χ1v) is 14.4. The molecule has 4 aliphatic carbocycles. The minimum Gasteiger partial charge on any atom is -0.393 e. The Labute approximate surface area is 209 Å². The molecular formula is C30H55NO3. The van der Waals surface area contributed by atoms with E-state index in [2.05, 4.69) is 53.8 Å². The maximum absolute atomic E-state index is 11.8. The predicted octanol–water partition coefficient (Wildman–Crippen LogP) is 5.53. The minimum atomic E-state index is -0.733. The lowest BCUT2D eigenvalue weighted by atomic mass is 9.35. The van der Waals surface area contributed by atoms with E-state index in [9.17, 15) is 15.3 Å². The lowest BCUT2D eigenvalue weighted by Gasteiger charge is -2.70. The van der Waals surface area contributed by atoms with Gasteiger partial charge in [0.2, 0.25) is 0 Å². The molecule has 0 spiro atoms. The van der Waals surface area contributed by atoms with E-state index in [-0.39, 0.29) is 45.7 Å². The molecule has 0 bridgehead atoms. The quantitative estimate of drug-likeness (QED) is 0.379. The highest BCUT2D eigenvalue weighted by Crippen LogP contribution is 2.75. The Morgan fingerprint density at radius 2 is 1.56 bits per heavy atom. The van der Waals surface area contributed by atoms with E-state index in [0.29, 0.717) is 17.9 Å². The molecule has 4 nitrogen and oxygen atoms in total. The summed E-state index contributed by atoms with van der Waals surface area (Å²) in [6, 6.07) is 0.471. The van der Waals surface area contributed by atoms with Crippen LogP contribution in [0.5, 0.6) is 0 Å². The van der Waals surface area contributed by atoms with Crippen molar-refractivity contribution in [2.75, 3.05) is 6.54 Å². The van der Waals surface area contributed by atoms with Crippen molar-refractivity contribution in [3.8, 4) is 0 Å². The van der Waals surface area contributed by atoms with Crippen LogP contribution in [0.3, 0.4) is 0 Å². The van der Waals surface area contributed by atoms with Crippen LogP contribution >= 0.6 is 0 Å². The van der Waals surface area contributed by atoms with Crippen LogP contribution in [-0.4, -0.2) is 45.7 Å². The molecule has 0 aromatic carbocycles. The molecule has 4 fully saturated rings. The molecule has 0 aromatic heterocycles. The zero-order valence-corrected chi connectivity index (χ0v) is 23.5. The average Bonchev–Trinajstić information content (AvgIpc) is 3.11. The molecule has 4 N–H and O–H groups in total. The highest BCUT2D eigenvalue weighted by Gasteiger charge is 2.71.